The Morgan fingerprint density at radius 2 is 1.89 bits per heavy atom. The highest BCUT2D eigenvalue weighted by atomic mass is 16.4. The number of aliphatic carboxylic acids is 2. The predicted molar refractivity (Wildman–Crippen MR) is 53.3 cm³/mol. The summed E-state index contributed by atoms with van der Waals surface area (Å²) in [6, 6.07) is -2.74. The summed E-state index contributed by atoms with van der Waals surface area (Å²) < 4.78 is 0. The second-order valence-corrected chi connectivity index (χ2v) is 3.58. The molecular weight excluding hydrogens is 248 g/mol. The lowest BCUT2D eigenvalue weighted by Crippen LogP contribution is -2.58. The van der Waals surface area contributed by atoms with Gasteiger partial charge in [-0.05, 0) is 6.42 Å². The van der Waals surface area contributed by atoms with Crippen molar-refractivity contribution in [3.05, 3.63) is 0 Å². The van der Waals surface area contributed by atoms with Crippen LogP contribution in [0.2, 0.25) is 0 Å². The summed E-state index contributed by atoms with van der Waals surface area (Å²) in [6.07, 6.45) is -1.57. The van der Waals surface area contributed by atoms with Crippen molar-refractivity contribution in [2.24, 2.45) is 0 Å². The minimum absolute atomic E-state index is 0.368. The third kappa shape index (κ3) is 3.03. The summed E-state index contributed by atoms with van der Waals surface area (Å²) in [5, 5.41) is 19.2. The molecule has 1 unspecified atom stereocenters. The molecule has 3 N–H and O–H groups in total. The molecule has 0 radical (unpaired) electrons. The number of carbonyl (C=O) groups excluding carboxylic acids is 3. The number of hydrogen-bond donors (Lipinski definition) is 3. The topological polar surface area (TPSA) is 141 Å². The summed E-state index contributed by atoms with van der Waals surface area (Å²) in [5.41, 5.74) is 0. The van der Waals surface area contributed by atoms with E-state index in [-0.39, 0.29) is 0 Å². The quantitative estimate of drug-likeness (QED) is 0.524. The van der Waals surface area contributed by atoms with Gasteiger partial charge in [0, 0.05) is 6.42 Å². The molecule has 9 heteroatoms. The number of hydrogen-bond acceptors (Lipinski definition) is 5. The van der Waals surface area contributed by atoms with Crippen LogP contribution in [0.1, 0.15) is 19.3 Å². The molecule has 98 valence electrons. The first-order valence-corrected chi connectivity index (χ1v) is 4.93. The number of barbiturate groups is 1. The average molecular weight is 258 g/mol. The lowest BCUT2D eigenvalue weighted by molar-refractivity contribution is -0.151. The molecule has 0 bridgehead atoms. The van der Waals surface area contributed by atoms with E-state index in [1.54, 1.807) is 5.32 Å². The molecule has 18 heavy (non-hydrogen) atoms. The van der Waals surface area contributed by atoms with Gasteiger partial charge in [-0.3, -0.25) is 19.7 Å². The molecule has 1 aliphatic rings. The number of amides is 4. The van der Waals surface area contributed by atoms with Crippen LogP contribution in [0.15, 0.2) is 0 Å². The highest BCUT2D eigenvalue weighted by molar-refractivity contribution is 6.15. The van der Waals surface area contributed by atoms with Crippen molar-refractivity contribution in [3.8, 4) is 0 Å². The van der Waals surface area contributed by atoms with Gasteiger partial charge in [0.15, 0.2) is 0 Å². The van der Waals surface area contributed by atoms with Gasteiger partial charge in [-0.25, -0.2) is 14.5 Å². The third-order valence-corrected chi connectivity index (χ3v) is 2.27. The average Bonchev–Trinajstić information content (AvgIpc) is 2.20. The first-order valence-electron chi connectivity index (χ1n) is 4.93. The Morgan fingerprint density at radius 3 is 2.33 bits per heavy atom. The molecule has 9 nitrogen and oxygen atoms in total. The van der Waals surface area contributed by atoms with Crippen LogP contribution < -0.4 is 5.32 Å². The Hall–Kier alpha value is -2.45. The number of carboxylic acid groups (broad SMARTS) is 2. The summed E-state index contributed by atoms with van der Waals surface area (Å²) in [4.78, 5) is 55.3. The summed E-state index contributed by atoms with van der Waals surface area (Å²) >= 11 is 0. The SMILES string of the molecule is O=C(O)CCC(C(=O)O)N1C(=O)CC(=O)NC1=O. The van der Waals surface area contributed by atoms with E-state index in [0.717, 1.165) is 0 Å². The molecule has 1 fully saturated rings. The fourth-order valence-electron chi connectivity index (χ4n) is 1.50. The molecule has 0 aromatic rings. The van der Waals surface area contributed by atoms with E-state index in [1.165, 1.54) is 0 Å². The van der Waals surface area contributed by atoms with Crippen molar-refractivity contribution in [2.45, 2.75) is 25.3 Å². The Labute approximate surface area is 100 Å². The molecule has 0 saturated carbocycles. The van der Waals surface area contributed by atoms with Crippen LogP contribution in [0, 0.1) is 0 Å². The fraction of sp³-hybridized carbons (Fsp3) is 0.444. The van der Waals surface area contributed by atoms with E-state index in [2.05, 4.69) is 0 Å². The van der Waals surface area contributed by atoms with Crippen molar-refractivity contribution in [3.63, 3.8) is 0 Å². The van der Waals surface area contributed by atoms with Crippen LogP contribution in [-0.4, -0.2) is 50.9 Å². The summed E-state index contributed by atoms with van der Waals surface area (Å²) in [7, 11) is 0. The van der Waals surface area contributed by atoms with Crippen LogP contribution in [-0.2, 0) is 19.2 Å². The molecule has 0 aromatic carbocycles. The standard InChI is InChI=1S/C9H10N2O7/c12-5-3-6(13)11(9(18)10-5)4(8(16)17)1-2-7(14)15/h4H,1-3H2,(H,14,15)(H,16,17)(H,10,12,18). The van der Waals surface area contributed by atoms with Crippen molar-refractivity contribution < 1.29 is 34.2 Å². The summed E-state index contributed by atoms with van der Waals surface area (Å²) in [6.45, 7) is 0. The highest BCUT2D eigenvalue weighted by Crippen LogP contribution is 2.13. The first kappa shape index (κ1) is 13.6. The second-order valence-electron chi connectivity index (χ2n) is 3.58. The minimum Gasteiger partial charge on any atom is -0.481 e. The number of imide groups is 2. The van der Waals surface area contributed by atoms with Gasteiger partial charge in [-0.1, -0.05) is 0 Å². The maximum absolute atomic E-state index is 11.4. The number of rotatable bonds is 5. The molecule has 0 aliphatic carbocycles. The number of carboxylic acids is 2. The second kappa shape index (κ2) is 5.25. The van der Waals surface area contributed by atoms with Crippen LogP contribution >= 0.6 is 0 Å². The molecule has 1 atom stereocenters. The summed E-state index contributed by atoms with van der Waals surface area (Å²) in [5.74, 6) is -4.53. The zero-order valence-corrected chi connectivity index (χ0v) is 9.08. The zero-order valence-electron chi connectivity index (χ0n) is 9.08. The van der Waals surface area contributed by atoms with Crippen molar-refractivity contribution in [2.75, 3.05) is 0 Å². The van der Waals surface area contributed by atoms with Crippen LogP contribution in [0.4, 0.5) is 4.79 Å². The van der Waals surface area contributed by atoms with Gasteiger partial charge >= 0.3 is 18.0 Å². The third-order valence-electron chi connectivity index (χ3n) is 2.27. The van der Waals surface area contributed by atoms with E-state index in [1.807, 2.05) is 0 Å². The predicted octanol–water partition coefficient (Wildman–Crippen LogP) is -1.23. The molecule has 1 saturated heterocycles. The molecule has 1 heterocycles. The zero-order chi connectivity index (χ0) is 13.9. The largest absolute Gasteiger partial charge is 0.481 e. The fourth-order valence-corrected chi connectivity index (χ4v) is 1.50. The van der Waals surface area contributed by atoms with Gasteiger partial charge in [-0.2, -0.15) is 0 Å². The van der Waals surface area contributed by atoms with Crippen molar-refractivity contribution in [1.29, 1.82) is 0 Å². The number of urea groups is 1. The lowest BCUT2D eigenvalue weighted by atomic mass is 10.1. The molecular formula is C9H10N2O7. The van der Waals surface area contributed by atoms with Gasteiger partial charge in [0.2, 0.25) is 11.8 Å². The maximum Gasteiger partial charge on any atom is 0.331 e. The van der Waals surface area contributed by atoms with E-state index < -0.39 is 55.1 Å². The monoisotopic (exact) mass is 258 g/mol. The Kier molecular flexibility index (Phi) is 3.97. The molecule has 4 amide bonds. The highest BCUT2D eigenvalue weighted by Gasteiger charge is 2.39. The minimum atomic E-state index is -1.60. The molecule has 0 aromatic heterocycles. The van der Waals surface area contributed by atoms with E-state index >= 15 is 0 Å². The maximum atomic E-state index is 11.4. The number of nitrogens with one attached hydrogen (secondary N) is 1. The molecule has 1 aliphatic heterocycles. The van der Waals surface area contributed by atoms with Crippen molar-refractivity contribution >= 4 is 29.8 Å². The van der Waals surface area contributed by atoms with Gasteiger partial charge in [0.25, 0.3) is 0 Å². The Balaban J connectivity index is 2.87. The van der Waals surface area contributed by atoms with E-state index in [4.69, 9.17) is 10.2 Å². The van der Waals surface area contributed by atoms with Crippen LogP contribution in [0.3, 0.4) is 0 Å². The number of nitrogens with zero attached hydrogens (tertiary/aromatic N) is 1. The van der Waals surface area contributed by atoms with Gasteiger partial charge < -0.3 is 10.2 Å². The van der Waals surface area contributed by atoms with E-state index in [9.17, 15) is 24.0 Å². The van der Waals surface area contributed by atoms with Gasteiger partial charge in [0.1, 0.15) is 12.5 Å². The normalized spacial score (nSPS) is 17.3. The van der Waals surface area contributed by atoms with Gasteiger partial charge in [-0.15, -0.1) is 0 Å². The van der Waals surface area contributed by atoms with Crippen LogP contribution in [0.5, 0.6) is 0 Å². The lowest BCUT2D eigenvalue weighted by Gasteiger charge is -2.29. The molecule has 1 rings (SSSR count). The Bertz CT molecular complexity index is 411. The Morgan fingerprint density at radius 1 is 1.28 bits per heavy atom. The van der Waals surface area contributed by atoms with Crippen LogP contribution in [0.25, 0.3) is 0 Å². The molecule has 0 spiro atoms. The smallest absolute Gasteiger partial charge is 0.331 e. The van der Waals surface area contributed by atoms with E-state index in [0.29, 0.717) is 4.90 Å². The number of carbonyl (C=O) groups is 5. The van der Waals surface area contributed by atoms with Crippen molar-refractivity contribution in [1.82, 2.24) is 10.2 Å². The van der Waals surface area contributed by atoms with Gasteiger partial charge in [0.05, 0.1) is 0 Å². The first-order chi connectivity index (χ1) is 8.32.